The molecule has 6 nitrogen and oxygen atoms in total. The SMILES string of the molecule is CC(=O)c1ccc(N2CCN(c3cnc4ccc(-c5cnc(Cl)c(-c6ccccc6)c5)cc4n3)CC2)cc1. The number of hydrogen-bond acceptors (Lipinski definition) is 6. The lowest BCUT2D eigenvalue weighted by molar-refractivity contribution is 0.101. The van der Waals surface area contributed by atoms with E-state index in [0.717, 1.165) is 76.5 Å². The maximum Gasteiger partial charge on any atom is 0.159 e. The molecular formula is C31H26ClN5O. The third-order valence-corrected chi connectivity index (χ3v) is 7.33. The Labute approximate surface area is 226 Å². The minimum absolute atomic E-state index is 0.0864. The number of rotatable bonds is 5. The van der Waals surface area contributed by atoms with Gasteiger partial charge in [-0.1, -0.05) is 48.0 Å². The van der Waals surface area contributed by atoms with Gasteiger partial charge in [-0.25, -0.2) is 9.97 Å². The molecule has 0 atom stereocenters. The van der Waals surface area contributed by atoms with Crippen LogP contribution in [-0.4, -0.2) is 46.9 Å². The molecule has 0 saturated carbocycles. The fourth-order valence-corrected chi connectivity index (χ4v) is 5.07. The molecule has 3 heterocycles. The molecule has 0 N–H and O–H groups in total. The second-order valence-electron chi connectivity index (χ2n) is 9.44. The molecule has 0 bridgehead atoms. The van der Waals surface area contributed by atoms with Crippen LogP contribution in [0.1, 0.15) is 17.3 Å². The molecule has 1 fully saturated rings. The van der Waals surface area contributed by atoms with Crippen molar-refractivity contribution in [2.24, 2.45) is 0 Å². The fourth-order valence-electron chi connectivity index (χ4n) is 4.86. The summed E-state index contributed by atoms with van der Waals surface area (Å²) in [5, 5.41) is 0.483. The predicted molar refractivity (Wildman–Crippen MR) is 154 cm³/mol. The summed E-state index contributed by atoms with van der Waals surface area (Å²) in [4.78, 5) is 30.3. The number of aromatic nitrogens is 3. The highest BCUT2D eigenvalue weighted by Crippen LogP contribution is 2.32. The monoisotopic (exact) mass is 519 g/mol. The second kappa shape index (κ2) is 10.2. The number of Topliss-reactive ketones (excluding diaryl/α,β-unsaturated/α-hetero) is 1. The van der Waals surface area contributed by atoms with Crippen molar-refractivity contribution in [3.63, 3.8) is 0 Å². The summed E-state index contributed by atoms with van der Waals surface area (Å²) in [5.41, 5.74) is 7.50. The first-order chi connectivity index (χ1) is 18.5. The van der Waals surface area contributed by atoms with Crippen LogP contribution in [0, 0.1) is 0 Å². The number of piperazine rings is 1. The minimum Gasteiger partial charge on any atom is -0.368 e. The summed E-state index contributed by atoms with van der Waals surface area (Å²) in [6, 6.07) is 26.1. The fraction of sp³-hybridized carbons (Fsp3) is 0.161. The van der Waals surface area contributed by atoms with E-state index in [1.807, 2.05) is 72.9 Å². The molecule has 3 aromatic carbocycles. The Morgan fingerprint density at radius 2 is 1.47 bits per heavy atom. The lowest BCUT2D eigenvalue weighted by atomic mass is 10.0. The van der Waals surface area contributed by atoms with Crippen molar-refractivity contribution in [2.45, 2.75) is 6.92 Å². The summed E-state index contributed by atoms with van der Waals surface area (Å²) in [5.74, 6) is 0.962. The van der Waals surface area contributed by atoms with Crippen LogP contribution in [0.2, 0.25) is 5.15 Å². The zero-order valence-electron chi connectivity index (χ0n) is 21.0. The van der Waals surface area contributed by atoms with Gasteiger partial charge in [0.25, 0.3) is 0 Å². The largest absolute Gasteiger partial charge is 0.368 e. The molecule has 6 rings (SSSR count). The first-order valence-corrected chi connectivity index (χ1v) is 13.0. The Morgan fingerprint density at radius 3 is 2.21 bits per heavy atom. The van der Waals surface area contributed by atoms with Gasteiger partial charge in [0, 0.05) is 54.8 Å². The molecule has 1 aliphatic heterocycles. The van der Waals surface area contributed by atoms with Crippen molar-refractivity contribution in [2.75, 3.05) is 36.0 Å². The Hall–Kier alpha value is -4.29. The highest BCUT2D eigenvalue weighted by atomic mass is 35.5. The van der Waals surface area contributed by atoms with Crippen molar-refractivity contribution in [3.8, 4) is 22.3 Å². The van der Waals surface area contributed by atoms with Gasteiger partial charge in [0.05, 0.1) is 17.2 Å². The predicted octanol–water partition coefficient (Wildman–Crippen LogP) is 6.54. The first kappa shape index (κ1) is 24.1. The first-order valence-electron chi connectivity index (χ1n) is 12.6. The van der Waals surface area contributed by atoms with Gasteiger partial charge in [-0.05, 0) is 60.5 Å². The average Bonchev–Trinajstić information content (AvgIpc) is 2.97. The summed E-state index contributed by atoms with van der Waals surface area (Å²) in [6.07, 6.45) is 3.66. The Kier molecular flexibility index (Phi) is 6.48. The lowest BCUT2D eigenvalue weighted by Gasteiger charge is -2.36. The van der Waals surface area contributed by atoms with Gasteiger partial charge in [-0.15, -0.1) is 0 Å². The smallest absolute Gasteiger partial charge is 0.159 e. The van der Waals surface area contributed by atoms with Crippen LogP contribution in [0.25, 0.3) is 33.3 Å². The van der Waals surface area contributed by atoms with Gasteiger partial charge in [-0.2, -0.15) is 0 Å². The highest BCUT2D eigenvalue weighted by molar-refractivity contribution is 6.32. The maximum absolute atomic E-state index is 11.6. The van der Waals surface area contributed by atoms with Crippen LogP contribution in [0.4, 0.5) is 11.5 Å². The van der Waals surface area contributed by atoms with E-state index < -0.39 is 0 Å². The number of hydrogen-bond donors (Lipinski definition) is 0. The standard InChI is InChI=1S/C31H26ClN5O/c1-21(38)22-7-10-26(11-8-22)36-13-15-37(16-14-36)30-20-33-28-12-9-24(18-29(28)35-30)25-17-27(31(32)34-19-25)23-5-3-2-4-6-23/h2-12,17-20H,13-16H2,1H3. The molecule has 38 heavy (non-hydrogen) atoms. The van der Waals surface area contributed by atoms with Crippen LogP contribution in [0.15, 0.2) is 91.3 Å². The highest BCUT2D eigenvalue weighted by Gasteiger charge is 2.19. The molecule has 0 amide bonds. The average molecular weight is 520 g/mol. The van der Waals surface area contributed by atoms with E-state index in [1.165, 1.54) is 0 Å². The van der Waals surface area contributed by atoms with Crippen molar-refractivity contribution >= 4 is 39.9 Å². The van der Waals surface area contributed by atoms with E-state index in [4.69, 9.17) is 16.6 Å². The van der Waals surface area contributed by atoms with E-state index in [1.54, 1.807) is 13.1 Å². The summed E-state index contributed by atoms with van der Waals surface area (Å²) in [6.45, 7) is 5.02. The molecule has 0 spiro atoms. The summed E-state index contributed by atoms with van der Waals surface area (Å²) in [7, 11) is 0. The number of benzene rings is 3. The molecule has 5 aromatic rings. The van der Waals surface area contributed by atoms with Crippen LogP contribution < -0.4 is 9.80 Å². The second-order valence-corrected chi connectivity index (χ2v) is 9.80. The summed E-state index contributed by atoms with van der Waals surface area (Å²) < 4.78 is 0. The van der Waals surface area contributed by atoms with E-state index in [-0.39, 0.29) is 5.78 Å². The number of fused-ring (bicyclic) bond motifs is 1. The summed E-state index contributed by atoms with van der Waals surface area (Å²) >= 11 is 6.43. The van der Waals surface area contributed by atoms with Crippen molar-refractivity contribution in [1.29, 1.82) is 0 Å². The Balaban J connectivity index is 1.22. The molecule has 188 valence electrons. The van der Waals surface area contributed by atoms with Crippen LogP contribution >= 0.6 is 11.6 Å². The van der Waals surface area contributed by atoms with E-state index in [0.29, 0.717) is 5.15 Å². The number of anilines is 2. The van der Waals surface area contributed by atoms with Gasteiger partial charge in [0.15, 0.2) is 5.78 Å². The maximum atomic E-state index is 11.6. The van der Waals surface area contributed by atoms with Crippen LogP contribution in [-0.2, 0) is 0 Å². The van der Waals surface area contributed by atoms with Crippen LogP contribution in [0.5, 0.6) is 0 Å². The van der Waals surface area contributed by atoms with Gasteiger partial charge >= 0.3 is 0 Å². The zero-order valence-corrected chi connectivity index (χ0v) is 21.8. The van der Waals surface area contributed by atoms with E-state index in [9.17, 15) is 4.79 Å². The Bertz CT molecular complexity index is 1610. The number of ketones is 1. The number of nitrogens with zero attached hydrogens (tertiary/aromatic N) is 5. The number of pyridine rings is 1. The van der Waals surface area contributed by atoms with Crippen molar-refractivity contribution in [1.82, 2.24) is 15.0 Å². The molecule has 1 aliphatic rings. The number of halogens is 1. The zero-order chi connectivity index (χ0) is 26.1. The van der Waals surface area contributed by atoms with E-state index in [2.05, 4.69) is 31.9 Å². The van der Waals surface area contributed by atoms with Crippen molar-refractivity contribution < 1.29 is 4.79 Å². The molecule has 0 aliphatic carbocycles. The van der Waals surface area contributed by atoms with Gasteiger partial charge < -0.3 is 9.80 Å². The molecular weight excluding hydrogens is 494 g/mol. The van der Waals surface area contributed by atoms with Gasteiger partial charge in [0.1, 0.15) is 11.0 Å². The molecule has 7 heteroatoms. The number of carbonyl (C=O) groups excluding carboxylic acids is 1. The van der Waals surface area contributed by atoms with Gasteiger partial charge in [0.2, 0.25) is 0 Å². The third kappa shape index (κ3) is 4.83. The topological polar surface area (TPSA) is 62.2 Å². The lowest BCUT2D eigenvalue weighted by Crippen LogP contribution is -2.46. The van der Waals surface area contributed by atoms with Gasteiger partial charge in [-0.3, -0.25) is 9.78 Å². The third-order valence-electron chi connectivity index (χ3n) is 7.03. The Morgan fingerprint density at radius 1 is 0.737 bits per heavy atom. The van der Waals surface area contributed by atoms with Crippen LogP contribution in [0.3, 0.4) is 0 Å². The molecule has 0 unspecified atom stereocenters. The quantitative estimate of drug-likeness (QED) is 0.194. The van der Waals surface area contributed by atoms with E-state index >= 15 is 0 Å². The van der Waals surface area contributed by atoms with Crippen molar-refractivity contribution in [3.05, 3.63) is 102 Å². The molecule has 1 saturated heterocycles. The molecule has 0 radical (unpaired) electrons. The molecule has 2 aromatic heterocycles. The normalized spacial score (nSPS) is 13.6. The minimum atomic E-state index is 0.0864. The number of carbonyl (C=O) groups is 1.